The molecular formula is C15H28N2O3. The summed E-state index contributed by atoms with van der Waals surface area (Å²) in [5.74, 6) is 0.243. The van der Waals surface area contributed by atoms with Crippen LogP contribution in [-0.2, 0) is 14.3 Å². The maximum atomic E-state index is 12.3. The second-order valence-electron chi connectivity index (χ2n) is 6.01. The Bertz CT molecular complexity index is 305. The molecule has 0 radical (unpaired) electrons. The topological polar surface area (TPSA) is 64.8 Å². The number of hydrogen-bond acceptors (Lipinski definition) is 4. The van der Waals surface area contributed by atoms with Crippen molar-refractivity contribution in [2.24, 2.45) is 5.73 Å². The normalized spacial score (nSPS) is 22.6. The number of nitrogens with two attached hydrogens (primary N) is 1. The summed E-state index contributed by atoms with van der Waals surface area (Å²) in [6.45, 7) is 3.04. The molecule has 0 aromatic carbocycles. The van der Waals surface area contributed by atoms with Crippen LogP contribution in [0.3, 0.4) is 0 Å². The van der Waals surface area contributed by atoms with Crippen molar-refractivity contribution in [2.75, 3.05) is 33.4 Å². The molecule has 116 valence electrons. The van der Waals surface area contributed by atoms with Gasteiger partial charge in [-0.1, -0.05) is 0 Å². The first-order valence-corrected chi connectivity index (χ1v) is 7.84. The van der Waals surface area contributed by atoms with Crippen molar-refractivity contribution in [1.82, 2.24) is 4.90 Å². The van der Waals surface area contributed by atoms with Gasteiger partial charge in [-0.25, -0.2) is 0 Å². The van der Waals surface area contributed by atoms with E-state index in [0.29, 0.717) is 19.1 Å². The van der Waals surface area contributed by atoms with E-state index >= 15 is 0 Å². The van der Waals surface area contributed by atoms with Crippen LogP contribution in [-0.4, -0.2) is 55.9 Å². The van der Waals surface area contributed by atoms with Crippen molar-refractivity contribution in [2.45, 2.75) is 56.7 Å². The second kappa shape index (κ2) is 7.38. The van der Waals surface area contributed by atoms with E-state index in [1.165, 1.54) is 6.42 Å². The number of nitrogens with zero attached hydrogens (tertiary/aromatic N) is 1. The lowest BCUT2D eigenvalue weighted by Gasteiger charge is -2.42. The smallest absolute Gasteiger partial charge is 0.225 e. The lowest BCUT2D eigenvalue weighted by atomic mass is 9.77. The molecule has 1 aliphatic carbocycles. The molecule has 2 N–H and O–H groups in total. The number of ether oxygens (including phenoxy) is 2. The van der Waals surface area contributed by atoms with Crippen LogP contribution in [0.4, 0.5) is 0 Å². The molecule has 0 aromatic rings. The van der Waals surface area contributed by atoms with E-state index in [9.17, 15) is 4.79 Å². The Morgan fingerprint density at radius 3 is 2.55 bits per heavy atom. The van der Waals surface area contributed by atoms with E-state index in [1.54, 1.807) is 7.11 Å². The number of amides is 1. The van der Waals surface area contributed by atoms with Gasteiger partial charge in [-0.05, 0) is 45.1 Å². The summed E-state index contributed by atoms with van der Waals surface area (Å²) in [5.41, 5.74) is 5.29. The summed E-state index contributed by atoms with van der Waals surface area (Å²) < 4.78 is 11.3. The zero-order valence-electron chi connectivity index (χ0n) is 12.6. The molecule has 1 aliphatic heterocycles. The minimum Gasteiger partial charge on any atom is -0.378 e. The van der Waals surface area contributed by atoms with Gasteiger partial charge in [0.05, 0.1) is 18.1 Å². The summed E-state index contributed by atoms with van der Waals surface area (Å²) in [7, 11) is 1.73. The summed E-state index contributed by atoms with van der Waals surface area (Å²) >= 11 is 0. The fourth-order valence-electron chi connectivity index (χ4n) is 3.02. The number of rotatable bonds is 7. The van der Waals surface area contributed by atoms with Gasteiger partial charge >= 0.3 is 0 Å². The highest BCUT2D eigenvalue weighted by atomic mass is 16.5. The van der Waals surface area contributed by atoms with Crippen LogP contribution in [0, 0.1) is 0 Å². The van der Waals surface area contributed by atoms with Crippen molar-refractivity contribution in [3.63, 3.8) is 0 Å². The molecule has 0 atom stereocenters. The third-order valence-corrected chi connectivity index (χ3v) is 4.67. The SMILES string of the molecule is COC1(CC(=O)N2CCC(OCCCN)CC2)CCC1. The van der Waals surface area contributed by atoms with Crippen LogP contribution in [0.5, 0.6) is 0 Å². The molecule has 1 saturated heterocycles. The Balaban J connectivity index is 1.69. The van der Waals surface area contributed by atoms with Crippen molar-refractivity contribution in [3.05, 3.63) is 0 Å². The van der Waals surface area contributed by atoms with Crippen molar-refractivity contribution >= 4 is 5.91 Å². The van der Waals surface area contributed by atoms with E-state index in [1.807, 2.05) is 4.90 Å². The molecule has 2 aliphatic rings. The van der Waals surface area contributed by atoms with Gasteiger partial charge in [0.2, 0.25) is 5.91 Å². The van der Waals surface area contributed by atoms with Gasteiger partial charge < -0.3 is 20.1 Å². The molecule has 0 bridgehead atoms. The Kier molecular flexibility index (Phi) is 5.81. The van der Waals surface area contributed by atoms with Crippen LogP contribution in [0.1, 0.15) is 44.9 Å². The standard InChI is InChI=1S/C15H28N2O3/c1-19-15(6-2-7-15)12-14(18)17-9-4-13(5-10-17)20-11-3-8-16/h13H,2-12,16H2,1H3. The molecule has 1 amide bonds. The predicted octanol–water partition coefficient (Wildman–Crippen LogP) is 1.30. The highest BCUT2D eigenvalue weighted by Gasteiger charge is 2.40. The summed E-state index contributed by atoms with van der Waals surface area (Å²) in [6.07, 6.45) is 6.86. The molecule has 2 fully saturated rings. The number of likely N-dealkylation sites (tertiary alicyclic amines) is 1. The quantitative estimate of drug-likeness (QED) is 0.716. The molecule has 5 nitrogen and oxygen atoms in total. The molecule has 0 spiro atoms. The first kappa shape index (κ1) is 15.7. The Labute approximate surface area is 121 Å². The van der Waals surface area contributed by atoms with Gasteiger partial charge in [-0.15, -0.1) is 0 Å². The lowest BCUT2D eigenvalue weighted by Crippen LogP contribution is -2.47. The molecule has 1 saturated carbocycles. The van der Waals surface area contributed by atoms with Crippen LogP contribution >= 0.6 is 0 Å². The molecule has 1 heterocycles. The Morgan fingerprint density at radius 2 is 2.05 bits per heavy atom. The van der Waals surface area contributed by atoms with Crippen LogP contribution in [0.25, 0.3) is 0 Å². The highest BCUT2D eigenvalue weighted by molar-refractivity contribution is 5.77. The molecule has 5 heteroatoms. The van der Waals surface area contributed by atoms with E-state index in [2.05, 4.69) is 0 Å². The first-order valence-electron chi connectivity index (χ1n) is 7.84. The average molecular weight is 284 g/mol. The van der Waals surface area contributed by atoms with Crippen molar-refractivity contribution in [3.8, 4) is 0 Å². The molecular weight excluding hydrogens is 256 g/mol. The maximum Gasteiger partial charge on any atom is 0.225 e. The van der Waals surface area contributed by atoms with Gasteiger partial charge in [-0.2, -0.15) is 0 Å². The first-order chi connectivity index (χ1) is 9.69. The Hall–Kier alpha value is -0.650. The molecule has 2 rings (SSSR count). The monoisotopic (exact) mass is 284 g/mol. The van der Waals surface area contributed by atoms with Crippen LogP contribution in [0.15, 0.2) is 0 Å². The largest absolute Gasteiger partial charge is 0.378 e. The van der Waals surface area contributed by atoms with Crippen LogP contribution < -0.4 is 5.73 Å². The van der Waals surface area contributed by atoms with Gasteiger partial charge in [0.1, 0.15) is 0 Å². The number of methoxy groups -OCH3 is 1. The summed E-state index contributed by atoms with van der Waals surface area (Å²) in [5, 5.41) is 0. The zero-order chi connectivity index (χ0) is 14.4. The summed E-state index contributed by atoms with van der Waals surface area (Å²) in [4.78, 5) is 14.3. The van der Waals surface area contributed by atoms with Crippen LogP contribution in [0.2, 0.25) is 0 Å². The van der Waals surface area contributed by atoms with Gasteiger partial charge in [0, 0.05) is 26.8 Å². The molecule has 20 heavy (non-hydrogen) atoms. The third-order valence-electron chi connectivity index (χ3n) is 4.67. The maximum absolute atomic E-state index is 12.3. The molecule has 0 unspecified atom stereocenters. The van der Waals surface area contributed by atoms with Gasteiger partial charge in [-0.3, -0.25) is 4.79 Å². The van der Waals surface area contributed by atoms with Gasteiger partial charge in [0.15, 0.2) is 0 Å². The number of carbonyl (C=O) groups is 1. The number of piperidine rings is 1. The zero-order valence-corrected chi connectivity index (χ0v) is 12.6. The van der Waals surface area contributed by atoms with E-state index in [4.69, 9.17) is 15.2 Å². The second-order valence-corrected chi connectivity index (χ2v) is 6.01. The fourth-order valence-corrected chi connectivity index (χ4v) is 3.02. The minimum atomic E-state index is -0.161. The van der Waals surface area contributed by atoms with E-state index in [-0.39, 0.29) is 11.5 Å². The molecule has 0 aromatic heterocycles. The Morgan fingerprint density at radius 1 is 1.35 bits per heavy atom. The minimum absolute atomic E-state index is 0.161. The van der Waals surface area contributed by atoms with E-state index < -0.39 is 0 Å². The number of hydrogen-bond donors (Lipinski definition) is 1. The third kappa shape index (κ3) is 3.93. The predicted molar refractivity (Wildman–Crippen MR) is 77.4 cm³/mol. The average Bonchev–Trinajstić information content (AvgIpc) is 2.44. The van der Waals surface area contributed by atoms with Gasteiger partial charge in [0.25, 0.3) is 0 Å². The van der Waals surface area contributed by atoms with Crippen molar-refractivity contribution in [1.29, 1.82) is 0 Å². The lowest BCUT2D eigenvalue weighted by molar-refractivity contribution is -0.146. The summed E-state index contributed by atoms with van der Waals surface area (Å²) in [6, 6.07) is 0. The van der Waals surface area contributed by atoms with E-state index in [0.717, 1.165) is 51.8 Å². The number of carbonyl (C=O) groups excluding carboxylic acids is 1. The van der Waals surface area contributed by atoms with Crippen molar-refractivity contribution < 1.29 is 14.3 Å². The highest BCUT2D eigenvalue weighted by Crippen LogP contribution is 2.38. The fraction of sp³-hybridized carbons (Fsp3) is 0.933.